The average molecular weight is 165 g/mol. The van der Waals surface area contributed by atoms with E-state index in [-0.39, 0.29) is 12.6 Å². The molecule has 0 bridgehead atoms. The molecule has 0 amide bonds. The number of ether oxygens (including phenoxy) is 1. The fourth-order valence-corrected chi connectivity index (χ4v) is 0.784. The molecule has 0 saturated heterocycles. The summed E-state index contributed by atoms with van der Waals surface area (Å²) in [4.78, 5) is 0. The highest BCUT2D eigenvalue weighted by molar-refractivity contribution is 4.76. The van der Waals surface area contributed by atoms with Crippen molar-refractivity contribution in [3.8, 4) is 0 Å². The molecule has 1 rings (SSSR count). The Kier molecular flexibility index (Phi) is 2.78. The summed E-state index contributed by atoms with van der Waals surface area (Å²) in [6.45, 7) is -0.752. The van der Waals surface area contributed by atoms with Gasteiger partial charge in [0.15, 0.2) is 0 Å². The van der Waals surface area contributed by atoms with Gasteiger partial charge in [-0.1, -0.05) is 0 Å². The van der Waals surface area contributed by atoms with Crippen molar-refractivity contribution in [2.75, 3.05) is 20.2 Å². The van der Waals surface area contributed by atoms with Gasteiger partial charge in [0.1, 0.15) is 6.61 Å². The first kappa shape index (κ1) is 8.87. The lowest BCUT2D eigenvalue weighted by Gasteiger charge is -2.15. The number of hydrogen-bond acceptors (Lipinski definition) is 2. The van der Waals surface area contributed by atoms with Gasteiger partial charge < -0.3 is 10.1 Å². The molecule has 1 fully saturated rings. The summed E-state index contributed by atoms with van der Waals surface area (Å²) in [5, 5.41) is 2.42. The third kappa shape index (κ3) is 3.62. The van der Waals surface area contributed by atoms with Crippen LogP contribution >= 0.6 is 0 Å². The number of hydrogen-bond donors (Lipinski definition) is 1. The van der Waals surface area contributed by atoms with Crippen LogP contribution in [-0.4, -0.2) is 32.2 Å². The third-order valence-electron chi connectivity index (χ3n) is 1.49. The molecule has 0 atom stereocenters. The Bertz CT molecular complexity index is 126. The quantitative estimate of drug-likeness (QED) is 0.656. The Hall–Kier alpha value is -0.220. The molecule has 0 aromatic heterocycles. The van der Waals surface area contributed by atoms with Gasteiger partial charge in [0.25, 0.3) is 5.92 Å². The van der Waals surface area contributed by atoms with Gasteiger partial charge in [-0.15, -0.1) is 0 Å². The minimum Gasteiger partial charge on any atom is -0.372 e. The van der Waals surface area contributed by atoms with E-state index < -0.39 is 12.5 Å². The van der Waals surface area contributed by atoms with E-state index in [1.807, 2.05) is 0 Å². The molecule has 2 nitrogen and oxygen atoms in total. The standard InChI is InChI=1S/C7H13F2NO/c1-10-4-7(8,9)5-11-6-2-3-6/h6,10H,2-5H2,1H3. The Morgan fingerprint density at radius 2 is 2.18 bits per heavy atom. The molecule has 0 aliphatic heterocycles. The molecule has 0 radical (unpaired) electrons. The third-order valence-corrected chi connectivity index (χ3v) is 1.49. The summed E-state index contributed by atoms with van der Waals surface area (Å²) >= 11 is 0. The van der Waals surface area contributed by atoms with Gasteiger partial charge in [0, 0.05) is 0 Å². The molecule has 0 unspecified atom stereocenters. The van der Waals surface area contributed by atoms with Crippen LogP contribution in [0.4, 0.5) is 8.78 Å². The van der Waals surface area contributed by atoms with Gasteiger partial charge >= 0.3 is 0 Å². The first-order valence-corrected chi connectivity index (χ1v) is 3.78. The summed E-state index contributed by atoms with van der Waals surface area (Å²) < 4.78 is 30.1. The van der Waals surface area contributed by atoms with E-state index in [0.717, 1.165) is 12.8 Å². The zero-order chi connectivity index (χ0) is 8.32. The van der Waals surface area contributed by atoms with E-state index in [9.17, 15) is 8.78 Å². The fraction of sp³-hybridized carbons (Fsp3) is 1.00. The molecule has 11 heavy (non-hydrogen) atoms. The first-order valence-electron chi connectivity index (χ1n) is 3.78. The summed E-state index contributed by atoms with van der Waals surface area (Å²) in [6.07, 6.45) is 1.99. The highest BCUT2D eigenvalue weighted by Gasteiger charge is 2.32. The van der Waals surface area contributed by atoms with E-state index in [0.29, 0.717) is 0 Å². The van der Waals surface area contributed by atoms with Crippen LogP contribution in [0, 0.1) is 0 Å². The molecule has 0 spiro atoms. The zero-order valence-corrected chi connectivity index (χ0v) is 6.57. The predicted molar refractivity (Wildman–Crippen MR) is 37.8 cm³/mol. The van der Waals surface area contributed by atoms with Crippen LogP contribution in [0.5, 0.6) is 0 Å². The minimum atomic E-state index is -2.71. The van der Waals surface area contributed by atoms with E-state index in [1.54, 1.807) is 0 Å². The minimum absolute atomic E-state index is 0.109. The summed E-state index contributed by atoms with van der Waals surface area (Å²) in [7, 11) is 1.50. The predicted octanol–water partition coefficient (Wildman–Crippen LogP) is 1.02. The molecular formula is C7H13F2NO. The van der Waals surface area contributed by atoms with Crippen molar-refractivity contribution in [1.82, 2.24) is 5.32 Å². The zero-order valence-electron chi connectivity index (χ0n) is 6.57. The topological polar surface area (TPSA) is 21.3 Å². The van der Waals surface area contributed by atoms with Crippen molar-refractivity contribution < 1.29 is 13.5 Å². The largest absolute Gasteiger partial charge is 0.372 e. The number of halogens is 2. The van der Waals surface area contributed by atoms with Gasteiger partial charge in [-0.25, -0.2) is 8.78 Å². The Morgan fingerprint density at radius 1 is 1.55 bits per heavy atom. The number of nitrogens with one attached hydrogen (secondary N) is 1. The normalized spacial score (nSPS) is 18.8. The Labute approximate surface area is 64.9 Å². The summed E-state index contributed by atoms with van der Waals surface area (Å²) in [5.41, 5.74) is 0. The van der Waals surface area contributed by atoms with Crippen molar-refractivity contribution in [2.45, 2.75) is 24.9 Å². The molecule has 0 aromatic rings. The second-order valence-electron chi connectivity index (χ2n) is 2.90. The number of alkyl halides is 2. The lowest BCUT2D eigenvalue weighted by Crippen LogP contribution is -2.35. The molecule has 66 valence electrons. The highest BCUT2D eigenvalue weighted by atomic mass is 19.3. The van der Waals surface area contributed by atoms with Crippen molar-refractivity contribution >= 4 is 0 Å². The van der Waals surface area contributed by atoms with Crippen LogP contribution in [0.15, 0.2) is 0 Å². The molecule has 0 heterocycles. The van der Waals surface area contributed by atoms with Crippen molar-refractivity contribution in [1.29, 1.82) is 0 Å². The second-order valence-corrected chi connectivity index (χ2v) is 2.90. The van der Waals surface area contributed by atoms with E-state index in [2.05, 4.69) is 5.32 Å². The lowest BCUT2D eigenvalue weighted by atomic mass is 10.3. The smallest absolute Gasteiger partial charge is 0.283 e. The van der Waals surface area contributed by atoms with Crippen LogP contribution in [0.25, 0.3) is 0 Å². The van der Waals surface area contributed by atoms with Crippen LogP contribution in [0.1, 0.15) is 12.8 Å². The maximum Gasteiger partial charge on any atom is 0.283 e. The SMILES string of the molecule is CNCC(F)(F)COC1CC1. The molecule has 1 aliphatic rings. The highest BCUT2D eigenvalue weighted by Crippen LogP contribution is 2.25. The van der Waals surface area contributed by atoms with Crippen LogP contribution in [0.3, 0.4) is 0 Å². The van der Waals surface area contributed by atoms with Gasteiger partial charge in [-0.3, -0.25) is 0 Å². The fourth-order valence-electron chi connectivity index (χ4n) is 0.784. The summed E-state index contributed by atoms with van der Waals surface area (Å²) in [6, 6.07) is 0. The first-order chi connectivity index (χ1) is 5.14. The van der Waals surface area contributed by atoms with E-state index >= 15 is 0 Å². The maximum atomic E-state index is 12.6. The Balaban J connectivity index is 2.09. The van der Waals surface area contributed by atoms with Crippen LogP contribution in [0.2, 0.25) is 0 Å². The molecule has 1 aliphatic carbocycles. The lowest BCUT2D eigenvalue weighted by molar-refractivity contribution is -0.0783. The molecule has 4 heteroatoms. The van der Waals surface area contributed by atoms with Crippen molar-refractivity contribution in [3.05, 3.63) is 0 Å². The van der Waals surface area contributed by atoms with Gasteiger partial charge in [-0.05, 0) is 19.9 Å². The molecule has 1 saturated carbocycles. The van der Waals surface area contributed by atoms with E-state index in [4.69, 9.17) is 4.74 Å². The van der Waals surface area contributed by atoms with Gasteiger partial charge in [0.05, 0.1) is 12.6 Å². The van der Waals surface area contributed by atoms with Crippen LogP contribution < -0.4 is 5.32 Å². The molecule has 1 N–H and O–H groups in total. The average Bonchev–Trinajstić information content (AvgIpc) is 2.65. The van der Waals surface area contributed by atoms with Crippen molar-refractivity contribution in [3.63, 3.8) is 0 Å². The number of rotatable bonds is 5. The van der Waals surface area contributed by atoms with Crippen molar-refractivity contribution in [2.24, 2.45) is 0 Å². The summed E-state index contributed by atoms with van der Waals surface area (Å²) in [5.74, 6) is -2.71. The van der Waals surface area contributed by atoms with Gasteiger partial charge in [-0.2, -0.15) is 0 Å². The Morgan fingerprint density at radius 3 is 2.64 bits per heavy atom. The van der Waals surface area contributed by atoms with E-state index in [1.165, 1.54) is 7.05 Å². The van der Waals surface area contributed by atoms with Gasteiger partial charge in [0.2, 0.25) is 0 Å². The maximum absolute atomic E-state index is 12.6. The monoisotopic (exact) mass is 165 g/mol. The van der Waals surface area contributed by atoms with Crippen LogP contribution in [-0.2, 0) is 4.74 Å². The molecular weight excluding hydrogens is 152 g/mol. The second kappa shape index (κ2) is 3.45. The molecule has 0 aromatic carbocycles.